The number of hydrogen-bond acceptors (Lipinski definition) is 3. The van der Waals surface area contributed by atoms with Gasteiger partial charge in [-0.25, -0.2) is 0 Å². The van der Waals surface area contributed by atoms with Crippen molar-refractivity contribution in [3.8, 4) is 0 Å². The standard InChI is InChI=1S/C17H35N3O/c1-5-14-8-10-15(11-9-14)20(4)13-7-6-12-17(2,19-3)16(18)21/h14-15,19H,5-13H2,1-4H3,(H2,18,21). The average molecular weight is 297 g/mol. The first kappa shape index (κ1) is 18.4. The van der Waals surface area contributed by atoms with Crippen molar-refractivity contribution in [1.82, 2.24) is 10.2 Å². The smallest absolute Gasteiger partial charge is 0.237 e. The van der Waals surface area contributed by atoms with E-state index in [1.807, 2.05) is 14.0 Å². The first-order chi connectivity index (χ1) is 9.92. The number of primary amides is 1. The SMILES string of the molecule is CCC1CCC(N(C)CCCCC(C)(NC)C(N)=O)CC1. The summed E-state index contributed by atoms with van der Waals surface area (Å²) < 4.78 is 0. The van der Waals surface area contributed by atoms with Crippen LogP contribution in [0.1, 0.15) is 65.2 Å². The highest BCUT2D eigenvalue weighted by Gasteiger charge is 2.28. The van der Waals surface area contributed by atoms with Crippen LogP contribution in [0.2, 0.25) is 0 Å². The fourth-order valence-corrected chi connectivity index (χ4v) is 3.39. The second kappa shape index (κ2) is 8.74. The molecule has 1 atom stereocenters. The molecule has 0 spiro atoms. The number of likely N-dealkylation sites (N-methyl/N-ethyl adjacent to an activating group) is 1. The van der Waals surface area contributed by atoms with Gasteiger partial charge in [0.15, 0.2) is 0 Å². The van der Waals surface area contributed by atoms with Crippen molar-refractivity contribution >= 4 is 5.91 Å². The lowest BCUT2D eigenvalue weighted by Crippen LogP contribution is -2.51. The third kappa shape index (κ3) is 5.59. The lowest BCUT2D eigenvalue weighted by atomic mass is 9.84. The summed E-state index contributed by atoms with van der Waals surface area (Å²) >= 11 is 0. The molecule has 4 nitrogen and oxygen atoms in total. The van der Waals surface area contributed by atoms with Crippen LogP contribution in [-0.4, -0.2) is 43.0 Å². The van der Waals surface area contributed by atoms with Crippen LogP contribution in [0.15, 0.2) is 0 Å². The fourth-order valence-electron chi connectivity index (χ4n) is 3.39. The van der Waals surface area contributed by atoms with Crippen LogP contribution in [0.25, 0.3) is 0 Å². The van der Waals surface area contributed by atoms with E-state index in [1.165, 1.54) is 32.1 Å². The van der Waals surface area contributed by atoms with Gasteiger partial charge in [-0.05, 0) is 78.4 Å². The van der Waals surface area contributed by atoms with E-state index in [0.29, 0.717) is 0 Å². The number of carbonyl (C=O) groups is 1. The summed E-state index contributed by atoms with van der Waals surface area (Å²) in [6.07, 6.45) is 9.82. The first-order valence-corrected chi connectivity index (χ1v) is 8.62. The molecule has 3 N–H and O–H groups in total. The summed E-state index contributed by atoms with van der Waals surface area (Å²) in [5.41, 5.74) is 4.90. The minimum atomic E-state index is -0.558. The molecule has 0 heterocycles. The number of amides is 1. The van der Waals surface area contributed by atoms with E-state index in [4.69, 9.17) is 5.73 Å². The molecule has 4 heteroatoms. The molecule has 1 saturated carbocycles. The van der Waals surface area contributed by atoms with Crippen LogP contribution < -0.4 is 11.1 Å². The summed E-state index contributed by atoms with van der Waals surface area (Å²) in [6, 6.07) is 0.764. The van der Waals surface area contributed by atoms with Gasteiger partial charge in [0.2, 0.25) is 5.91 Å². The van der Waals surface area contributed by atoms with Crippen molar-refractivity contribution in [3.05, 3.63) is 0 Å². The molecule has 1 unspecified atom stereocenters. The predicted molar refractivity (Wildman–Crippen MR) is 89.2 cm³/mol. The second-order valence-corrected chi connectivity index (χ2v) is 6.97. The minimum Gasteiger partial charge on any atom is -0.368 e. The second-order valence-electron chi connectivity index (χ2n) is 6.97. The quantitative estimate of drug-likeness (QED) is 0.643. The molecular weight excluding hydrogens is 262 g/mol. The normalized spacial score (nSPS) is 25.8. The Hall–Kier alpha value is -0.610. The van der Waals surface area contributed by atoms with E-state index in [0.717, 1.165) is 37.8 Å². The average Bonchev–Trinajstić information content (AvgIpc) is 2.50. The molecule has 0 bridgehead atoms. The Bertz CT molecular complexity index is 313. The third-order valence-electron chi connectivity index (χ3n) is 5.55. The van der Waals surface area contributed by atoms with Gasteiger partial charge in [0.1, 0.15) is 0 Å². The summed E-state index contributed by atoms with van der Waals surface area (Å²) in [4.78, 5) is 14.0. The maximum absolute atomic E-state index is 11.4. The summed E-state index contributed by atoms with van der Waals surface area (Å²) in [6.45, 7) is 5.33. The van der Waals surface area contributed by atoms with Crippen molar-refractivity contribution in [2.75, 3.05) is 20.6 Å². The van der Waals surface area contributed by atoms with Crippen LogP contribution in [0.4, 0.5) is 0 Å². The molecule has 1 amide bonds. The number of nitrogens with one attached hydrogen (secondary N) is 1. The van der Waals surface area contributed by atoms with E-state index in [2.05, 4.69) is 24.2 Å². The van der Waals surface area contributed by atoms with Gasteiger partial charge in [0.25, 0.3) is 0 Å². The predicted octanol–water partition coefficient (Wildman–Crippen LogP) is 2.52. The van der Waals surface area contributed by atoms with Crippen LogP contribution in [0.3, 0.4) is 0 Å². The Morgan fingerprint density at radius 2 is 1.90 bits per heavy atom. The zero-order chi connectivity index (χ0) is 15.9. The van der Waals surface area contributed by atoms with E-state index < -0.39 is 5.54 Å². The van der Waals surface area contributed by atoms with Crippen molar-refractivity contribution in [1.29, 1.82) is 0 Å². The lowest BCUT2D eigenvalue weighted by molar-refractivity contribution is -0.123. The van der Waals surface area contributed by atoms with Gasteiger partial charge >= 0.3 is 0 Å². The Morgan fingerprint density at radius 1 is 1.29 bits per heavy atom. The number of nitrogens with two attached hydrogens (primary N) is 1. The zero-order valence-corrected chi connectivity index (χ0v) is 14.5. The Morgan fingerprint density at radius 3 is 2.38 bits per heavy atom. The summed E-state index contributed by atoms with van der Waals surface area (Å²) in [5.74, 6) is 0.706. The van der Waals surface area contributed by atoms with E-state index in [9.17, 15) is 4.79 Å². The number of unbranched alkanes of at least 4 members (excludes halogenated alkanes) is 1. The highest BCUT2D eigenvalue weighted by atomic mass is 16.1. The highest BCUT2D eigenvalue weighted by molar-refractivity contribution is 5.84. The van der Waals surface area contributed by atoms with Crippen LogP contribution in [-0.2, 0) is 4.79 Å². The first-order valence-electron chi connectivity index (χ1n) is 8.62. The molecule has 0 aromatic rings. The van der Waals surface area contributed by atoms with Gasteiger partial charge < -0.3 is 16.0 Å². The molecule has 0 radical (unpaired) electrons. The zero-order valence-electron chi connectivity index (χ0n) is 14.5. The number of rotatable bonds is 9. The monoisotopic (exact) mass is 297 g/mol. The minimum absolute atomic E-state index is 0.253. The number of nitrogens with zero attached hydrogens (tertiary/aromatic N) is 1. The molecule has 1 aliphatic carbocycles. The summed E-state index contributed by atoms with van der Waals surface area (Å²) in [5, 5.41) is 3.05. The molecule has 0 aromatic carbocycles. The fraction of sp³-hybridized carbons (Fsp3) is 0.941. The third-order valence-corrected chi connectivity index (χ3v) is 5.55. The maximum Gasteiger partial charge on any atom is 0.237 e. The topological polar surface area (TPSA) is 58.4 Å². The van der Waals surface area contributed by atoms with Gasteiger partial charge in [0.05, 0.1) is 5.54 Å². The van der Waals surface area contributed by atoms with Gasteiger partial charge in [-0.2, -0.15) is 0 Å². The van der Waals surface area contributed by atoms with E-state index >= 15 is 0 Å². The molecular formula is C17H35N3O. The molecule has 21 heavy (non-hydrogen) atoms. The van der Waals surface area contributed by atoms with Gasteiger partial charge in [0, 0.05) is 6.04 Å². The molecule has 1 fully saturated rings. The molecule has 124 valence electrons. The largest absolute Gasteiger partial charge is 0.368 e. The van der Waals surface area contributed by atoms with E-state index in [-0.39, 0.29) is 5.91 Å². The Balaban J connectivity index is 2.22. The van der Waals surface area contributed by atoms with Gasteiger partial charge in [-0.3, -0.25) is 4.79 Å². The molecule has 0 saturated heterocycles. The lowest BCUT2D eigenvalue weighted by Gasteiger charge is -2.34. The molecule has 1 rings (SSSR count). The van der Waals surface area contributed by atoms with Gasteiger partial charge in [-0.15, -0.1) is 0 Å². The molecule has 0 aliphatic heterocycles. The molecule has 0 aromatic heterocycles. The number of carbonyl (C=O) groups excluding carboxylic acids is 1. The van der Waals surface area contributed by atoms with Crippen LogP contribution in [0.5, 0.6) is 0 Å². The number of hydrogen-bond donors (Lipinski definition) is 2. The van der Waals surface area contributed by atoms with Crippen molar-refractivity contribution in [2.45, 2.75) is 76.8 Å². The highest BCUT2D eigenvalue weighted by Crippen LogP contribution is 2.29. The Kier molecular flexibility index (Phi) is 7.67. The summed E-state index contributed by atoms with van der Waals surface area (Å²) in [7, 11) is 4.06. The van der Waals surface area contributed by atoms with Crippen LogP contribution >= 0.6 is 0 Å². The van der Waals surface area contributed by atoms with E-state index in [1.54, 1.807) is 0 Å². The van der Waals surface area contributed by atoms with Crippen molar-refractivity contribution in [2.24, 2.45) is 11.7 Å². The van der Waals surface area contributed by atoms with Crippen LogP contribution in [0, 0.1) is 5.92 Å². The van der Waals surface area contributed by atoms with Crippen molar-refractivity contribution < 1.29 is 4.79 Å². The maximum atomic E-state index is 11.4. The Labute approximate surface area is 130 Å². The van der Waals surface area contributed by atoms with Gasteiger partial charge in [-0.1, -0.05) is 13.3 Å². The van der Waals surface area contributed by atoms with Crippen molar-refractivity contribution in [3.63, 3.8) is 0 Å². The molecule has 1 aliphatic rings.